The molecular formula is C41H35N. The molecule has 0 atom stereocenters. The first kappa shape index (κ1) is 26.0. The zero-order valence-electron chi connectivity index (χ0n) is 24.7. The van der Waals surface area contributed by atoms with E-state index < -0.39 is 5.41 Å². The van der Waals surface area contributed by atoms with Crippen LogP contribution in [0.1, 0.15) is 44.5 Å². The third-order valence-corrected chi connectivity index (χ3v) is 8.89. The summed E-state index contributed by atoms with van der Waals surface area (Å²) in [5, 5.41) is 0. The van der Waals surface area contributed by atoms with Crippen LogP contribution in [0.3, 0.4) is 0 Å². The van der Waals surface area contributed by atoms with Gasteiger partial charge in [0, 0.05) is 17.1 Å². The average Bonchev–Trinajstić information content (AvgIpc) is 3.29. The molecule has 0 fully saturated rings. The Morgan fingerprint density at radius 2 is 0.881 bits per heavy atom. The molecule has 0 heterocycles. The number of anilines is 3. The van der Waals surface area contributed by atoms with E-state index in [-0.39, 0.29) is 0 Å². The van der Waals surface area contributed by atoms with Crippen molar-refractivity contribution >= 4 is 17.1 Å². The number of aryl methyl sites for hydroxylation is 4. The van der Waals surface area contributed by atoms with E-state index in [4.69, 9.17) is 0 Å². The fourth-order valence-corrected chi connectivity index (χ4v) is 7.20. The minimum Gasteiger partial charge on any atom is -0.310 e. The van der Waals surface area contributed by atoms with Gasteiger partial charge in [0.05, 0.1) is 5.41 Å². The summed E-state index contributed by atoms with van der Waals surface area (Å²) in [7, 11) is 0. The van der Waals surface area contributed by atoms with Gasteiger partial charge in [0.1, 0.15) is 0 Å². The molecule has 0 bridgehead atoms. The van der Waals surface area contributed by atoms with E-state index in [9.17, 15) is 0 Å². The molecule has 0 amide bonds. The van der Waals surface area contributed by atoms with E-state index in [2.05, 4.69) is 172 Å². The molecule has 1 nitrogen and oxygen atoms in total. The minimum atomic E-state index is -0.448. The lowest BCUT2D eigenvalue weighted by atomic mass is 9.65. The number of fused-ring (bicyclic) bond motifs is 3. The summed E-state index contributed by atoms with van der Waals surface area (Å²) in [6.07, 6.45) is 0. The quantitative estimate of drug-likeness (QED) is 0.209. The first-order valence-corrected chi connectivity index (χ1v) is 14.8. The van der Waals surface area contributed by atoms with Crippen molar-refractivity contribution in [3.05, 3.63) is 184 Å². The second-order valence-corrected chi connectivity index (χ2v) is 11.7. The molecule has 1 heteroatoms. The van der Waals surface area contributed by atoms with Crippen molar-refractivity contribution in [3.8, 4) is 11.1 Å². The molecule has 0 aromatic heterocycles. The number of nitrogens with zero attached hydrogens (tertiary/aromatic N) is 1. The highest BCUT2D eigenvalue weighted by Gasteiger charge is 2.47. The second kappa shape index (κ2) is 10.2. The van der Waals surface area contributed by atoms with E-state index in [1.54, 1.807) is 0 Å². The van der Waals surface area contributed by atoms with Crippen LogP contribution in [0.25, 0.3) is 11.1 Å². The minimum absolute atomic E-state index is 0.448. The molecular weight excluding hydrogens is 506 g/mol. The van der Waals surface area contributed by atoms with Crippen LogP contribution in [0, 0.1) is 27.7 Å². The van der Waals surface area contributed by atoms with Crippen molar-refractivity contribution in [1.82, 2.24) is 0 Å². The van der Waals surface area contributed by atoms with E-state index >= 15 is 0 Å². The average molecular weight is 542 g/mol. The molecule has 1 aliphatic rings. The maximum Gasteiger partial charge on any atom is 0.0719 e. The lowest BCUT2D eigenvalue weighted by molar-refractivity contribution is 0.753. The van der Waals surface area contributed by atoms with Crippen LogP contribution in [0.5, 0.6) is 0 Å². The van der Waals surface area contributed by atoms with Crippen molar-refractivity contribution in [1.29, 1.82) is 0 Å². The van der Waals surface area contributed by atoms with Gasteiger partial charge < -0.3 is 4.90 Å². The van der Waals surface area contributed by atoms with E-state index in [0.717, 1.165) is 17.1 Å². The molecule has 0 N–H and O–H groups in total. The van der Waals surface area contributed by atoms with Crippen molar-refractivity contribution < 1.29 is 0 Å². The summed E-state index contributed by atoms with van der Waals surface area (Å²) >= 11 is 0. The van der Waals surface area contributed by atoms with Crippen LogP contribution in [0.15, 0.2) is 140 Å². The fraction of sp³-hybridized carbons (Fsp3) is 0.122. The van der Waals surface area contributed by atoms with Gasteiger partial charge in [-0.3, -0.25) is 0 Å². The Hall–Kier alpha value is -4.88. The normalized spacial score (nSPS) is 13.0. The standard InChI is InChI=1S/C41H35N/c1-28-19-23-37(30(3)25-28)41(38-24-20-29(2)26-31(38)4)39-18-12-11-17-35(39)36-22-21-34(27-40(36)41)42(32-13-7-5-8-14-32)33-15-9-6-10-16-33/h5-27H,1-4H3. The molecule has 6 aromatic rings. The van der Waals surface area contributed by atoms with E-state index in [1.807, 2.05) is 0 Å². The molecule has 0 aliphatic heterocycles. The Kier molecular flexibility index (Phi) is 6.32. The van der Waals surface area contributed by atoms with Gasteiger partial charge in [-0.2, -0.15) is 0 Å². The van der Waals surface area contributed by atoms with Crippen molar-refractivity contribution in [3.63, 3.8) is 0 Å². The van der Waals surface area contributed by atoms with Gasteiger partial charge >= 0.3 is 0 Å². The zero-order chi connectivity index (χ0) is 28.8. The number of rotatable bonds is 5. The van der Waals surface area contributed by atoms with Crippen molar-refractivity contribution in [2.24, 2.45) is 0 Å². The van der Waals surface area contributed by atoms with E-state index in [0.29, 0.717) is 0 Å². The largest absolute Gasteiger partial charge is 0.310 e. The summed E-state index contributed by atoms with van der Waals surface area (Å²) in [5.74, 6) is 0. The van der Waals surface area contributed by atoms with Gasteiger partial charge in [0.15, 0.2) is 0 Å². The van der Waals surface area contributed by atoms with Gasteiger partial charge in [-0.05, 0) is 109 Å². The number of para-hydroxylation sites is 2. The molecule has 6 aromatic carbocycles. The lowest BCUT2D eigenvalue weighted by Crippen LogP contribution is -2.31. The summed E-state index contributed by atoms with van der Waals surface area (Å²) in [4.78, 5) is 2.37. The highest BCUT2D eigenvalue weighted by Crippen LogP contribution is 2.58. The molecule has 7 rings (SSSR count). The number of hydrogen-bond donors (Lipinski definition) is 0. The first-order chi connectivity index (χ1) is 20.5. The molecule has 204 valence electrons. The van der Waals surface area contributed by atoms with Gasteiger partial charge in [-0.15, -0.1) is 0 Å². The summed E-state index contributed by atoms with van der Waals surface area (Å²) in [5.41, 5.74) is 16.2. The third kappa shape index (κ3) is 4.00. The zero-order valence-corrected chi connectivity index (χ0v) is 24.7. The smallest absolute Gasteiger partial charge is 0.0719 e. The molecule has 0 unspecified atom stereocenters. The van der Waals surface area contributed by atoms with Crippen LogP contribution in [-0.4, -0.2) is 0 Å². The van der Waals surface area contributed by atoms with Crippen molar-refractivity contribution in [2.75, 3.05) is 4.90 Å². The predicted octanol–water partition coefficient (Wildman–Crippen LogP) is 10.8. The lowest BCUT2D eigenvalue weighted by Gasteiger charge is -2.37. The fourth-order valence-electron chi connectivity index (χ4n) is 7.20. The van der Waals surface area contributed by atoms with Crippen LogP contribution in [-0.2, 0) is 5.41 Å². The topological polar surface area (TPSA) is 3.24 Å². The molecule has 42 heavy (non-hydrogen) atoms. The molecule has 0 saturated carbocycles. The Bertz CT molecular complexity index is 1830. The van der Waals surface area contributed by atoms with Crippen LogP contribution in [0.2, 0.25) is 0 Å². The molecule has 0 saturated heterocycles. The highest BCUT2D eigenvalue weighted by atomic mass is 15.1. The van der Waals surface area contributed by atoms with Crippen LogP contribution < -0.4 is 4.90 Å². The summed E-state index contributed by atoms with van der Waals surface area (Å²) in [6.45, 7) is 8.93. The van der Waals surface area contributed by atoms with Gasteiger partial charge in [0.25, 0.3) is 0 Å². The summed E-state index contributed by atoms with van der Waals surface area (Å²) < 4.78 is 0. The highest BCUT2D eigenvalue weighted by molar-refractivity contribution is 5.90. The Balaban J connectivity index is 1.59. The Labute approximate surface area is 249 Å². The summed E-state index contributed by atoms with van der Waals surface area (Å²) in [6, 6.07) is 51.5. The van der Waals surface area contributed by atoms with Gasteiger partial charge in [0.2, 0.25) is 0 Å². The third-order valence-electron chi connectivity index (χ3n) is 8.89. The van der Waals surface area contributed by atoms with Crippen molar-refractivity contribution in [2.45, 2.75) is 33.1 Å². The molecule has 0 spiro atoms. The Morgan fingerprint density at radius 3 is 1.43 bits per heavy atom. The van der Waals surface area contributed by atoms with Crippen LogP contribution >= 0.6 is 0 Å². The first-order valence-electron chi connectivity index (χ1n) is 14.8. The predicted molar refractivity (Wildman–Crippen MR) is 177 cm³/mol. The van der Waals surface area contributed by atoms with Gasteiger partial charge in [-0.1, -0.05) is 114 Å². The molecule has 0 radical (unpaired) electrons. The maximum atomic E-state index is 2.45. The maximum absolute atomic E-state index is 2.45. The Morgan fingerprint density at radius 1 is 0.381 bits per heavy atom. The SMILES string of the molecule is Cc1ccc(C2(c3ccc(C)cc3C)c3ccccc3-c3ccc(N(c4ccccc4)c4ccccc4)cc32)c(C)c1. The second-order valence-electron chi connectivity index (χ2n) is 11.7. The number of hydrogen-bond acceptors (Lipinski definition) is 1. The van der Waals surface area contributed by atoms with Crippen LogP contribution in [0.4, 0.5) is 17.1 Å². The molecule has 1 aliphatic carbocycles. The number of benzene rings is 6. The van der Waals surface area contributed by atoms with E-state index in [1.165, 1.54) is 55.6 Å². The monoisotopic (exact) mass is 541 g/mol. The van der Waals surface area contributed by atoms with Gasteiger partial charge in [-0.25, -0.2) is 0 Å².